The predicted octanol–water partition coefficient (Wildman–Crippen LogP) is 3.18. The summed E-state index contributed by atoms with van der Waals surface area (Å²) in [6, 6.07) is 5.48. The van der Waals surface area contributed by atoms with Crippen molar-refractivity contribution in [1.82, 2.24) is 4.72 Å². The van der Waals surface area contributed by atoms with Crippen LogP contribution in [0.2, 0.25) is 0 Å². The smallest absolute Gasteiger partial charge is 0.338 e. The summed E-state index contributed by atoms with van der Waals surface area (Å²) in [4.78, 5) is 25.0. The minimum absolute atomic E-state index is 0.0488. The summed E-state index contributed by atoms with van der Waals surface area (Å²) in [5.74, 6) is -1.04. The van der Waals surface area contributed by atoms with Crippen LogP contribution in [0.25, 0.3) is 0 Å². The van der Waals surface area contributed by atoms with Gasteiger partial charge in [0.15, 0.2) is 6.61 Å². The van der Waals surface area contributed by atoms with Gasteiger partial charge in [0.05, 0.1) is 10.5 Å². The third-order valence-electron chi connectivity index (χ3n) is 5.26. The second-order valence-corrected chi connectivity index (χ2v) is 8.62. The minimum atomic E-state index is -3.68. The molecule has 0 spiro atoms. The number of Topliss-reactive ketones (excluding diaryl/α,β-unsaturated/α-hetero) is 1. The lowest BCUT2D eigenvalue weighted by Gasteiger charge is -2.17. The van der Waals surface area contributed by atoms with Crippen LogP contribution in [-0.4, -0.2) is 33.8 Å². The first kappa shape index (κ1) is 21.8. The molecule has 0 atom stereocenters. The van der Waals surface area contributed by atoms with Gasteiger partial charge in [-0.3, -0.25) is 4.79 Å². The van der Waals surface area contributed by atoms with Gasteiger partial charge in [0, 0.05) is 5.56 Å². The van der Waals surface area contributed by atoms with E-state index in [9.17, 15) is 18.0 Å². The van der Waals surface area contributed by atoms with Crippen molar-refractivity contribution in [3.63, 3.8) is 0 Å². The molecule has 2 rings (SSSR count). The van der Waals surface area contributed by atoms with E-state index in [2.05, 4.69) is 4.72 Å². The highest BCUT2D eigenvalue weighted by Crippen LogP contribution is 2.26. The van der Waals surface area contributed by atoms with Crippen molar-refractivity contribution in [2.24, 2.45) is 0 Å². The fourth-order valence-corrected chi connectivity index (χ4v) is 3.89. The van der Waals surface area contributed by atoms with Crippen LogP contribution in [0, 0.1) is 34.6 Å². The summed E-state index contributed by atoms with van der Waals surface area (Å²) in [5.41, 5.74) is 5.62. The molecule has 6 nitrogen and oxygen atoms in total. The van der Waals surface area contributed by atoms with Gasteiger partial charge in [-0.2, -0.15) is 0 Å². The molecule has 0 aliphatic rings. The average molecular weight is 404 g/mol. The summed E-state index contributed by atoms with van der Waals surface area (Å²) >= 11 is 0. The molecule has 1 N–H and O–H groups in total. The van der Waals surface area contributed by atoms with Crippen LogP contribution in [0.4, 0.5) is 0 Å². The third kappa shape index (κ3) is 4.15. The molecule has 0 aliphatic carbocycles. The number of nitrogens with one attached hydrogen (secondary N) is 1. The Morgan fingerprint density at radius 3 is 2.00 bits per heavy atom. The molecule has 0 aliphatic heterocycles. The molecule has 150 valence electrons. The Kier molecular flexibility index (Phi) is 6.41. The normalized spacial score (nSPS) is 11.4. The molecular formula is C21H25NO5S. The van der Waals surface area contributed by atoms with Gasteiger partial charge < -0.3 is 4.74 Å². The van der Waals surface area contributed by atoms with Gasteiger partial charge in [-0.25, -0.2) is 17.9 Å². The third-order valence-corrected chi connectivity index (χ3v) is 6.67. The highest BCUT2D eigenvalue weighted by atomic mass is 32.2. The van der Waals surface area contributed by atoms with Gasteiger partial charge in [0.25, 0.3) is 0 Å². The Hall–Kier alpha value is -2.51. The van der Waals surface area contributed by atoms with Gasteiger partial charge in [-0.1, -0.05) is 6.07 Å². The number of benzene rings is 2. The van der Waals surface area contributed by atoms with Gasteiger partial charge >= 0.3 is 5.97 Å². The van der Waals surface area contributed by atoms with Crippen molar-refractivity contribution in [3.8, 4) is 0 Å². The lowest BCUT2D eigenvalue weighted by atomic mass is 9.88. The number of carbonyl (C=O) groups excluding carboxylic acids is 2. The number of carbonyl (C=O) groups is 2. The van der Waals surface area contributed by atoms with Crippen LogP contribution in [0.3, 0.4) is 0 Å². The predicted molar refractivity (Wildman–Crippen MR) is 107 cm³/mol. The van der Waals surface area contributed by atoms with Crippen molar-refractivity contribution in [3.05, 3.63) is 63.2 Å². The van der Waals surface area contributed by atoms with Crippen molar-refractivity contribution in [2.75, 3.05) is 13.7 Å². The molecular weight excluding hydrogens is 378 g/mol. The van der Waals surface area contributed by atoms with E-state index in [1.807, 2.05) is 34.6 Å². The number of hydrogen-bond acceptors (Lipinski definition) is 5. The fourth-order valence-electron chi connectivity index (χ4n) is 3.11. The van der Waals surface area contributed by atoms with Crippen LogP contribution in [0.1, 0.15) is 48.5 Å². The summed E-state index contributed by atoms with van der Waals surface area (Å²) in [5, 5.41) is 0. The molecule has 0 aromatic heterocycles. The largest absolute Gasteiger partial charge is 0.454 e. The summed E-state index contributed by atoms with van der Waals surface area (Å²) in [6.07, 6.45) is 0. The fraction of sp³-hybridized carbons (Fsp3) is 0.333. The van der Waals surface area contributed by atoms with Crippen LogP contribution >= 0.6 is 0 Å². The zero-order valence-electron chi connectivity index (χ0n) is 17.0. The van der Waals surface area contributed by atoms with Crippen LogP contribution in [0.5, 0.6) is 0 Å². The number of hydrogen-bond donors (Lipinski definition) is 1. The quantitative estimate of drug-likeness (QED) is 0.591. The van der Waals surface area contributed by atoms with Gasteiger partial charge in [0.2, 0.25) is 15.8 Å². The van der Waals surface area contributed by atoms with Crippen molar-refractivity contribution >= 4 is 21.8 Å². The second-order valence-electron chi connectivity index (χ2n) is 6.73. The van der Waals surface area contributed by atoms with Gasteiger partial charge in [-0.05, 0) is 87.7 Å². The Bertz CT molecular complexity index is 1030. The Morgan fingerprint density at radius 1 is 0.929 bits per heavy atom. The van der Waals surface area contributed by atoms with Crippen molar-refractivity contribution in [2.45, 2.75) is 39.5 Å². The molecule has 0 saturated heterocycles. The Morgan fingerprint density at radius 2 is 1.46 bits per heavy atom. The number of ketones is 1. The zero-order valence-corrected chi connectivity index (χ0v) is 17.8. The van der Waals surface area contributed by atoms with E-state index in [1.54, 1.807) is 0 Å². The minimum Gasteiger partial charge on any atom is -0.454 e. The maximum Gasteiger partial charge on any atom is 0.338 e. The highest BCUT2D eigenvalue weighted by molar-refractivity contribution is 7.89. The molecule has 0 fully saturated rings. The van der Waals surface area contributed by atoms with Crippen molar-refractivity contribution < 1.29 is 22.7 Å². The van der Waals surface area contributed by atoms with E-state index in [0.29, 0.717) is 5.56 Å². The zero-order chi connectivity index (χ0) is 21.2. The Labute approximate surface area is 166 Å². The maximum absolute atomic E-state index is 12.7. The summed E-state index contributed by atoms with van der Waals surface area (Å²) < 4.78 is 31.1. The maximum atomic E-state index is 12.7. The topological polar surface area (TPSA) is 89.5 Å². The van der Waals surface area contributed by atoms with Gasteiger partial charge in [0.1, 0.15) is 0 Å². The monoisotopic (exact) mass is 403 g/mol. The molecule has 0 unspecified atom stereocenters. The van der Waals surface area contributed by atoms with Crippen LogP contribution < -0.4 is 4.72 Å². The van der Waals surface area contributed by atoms with Crippen LogP contribution in [0.15, 0.2) is 29.2 Å². The van der Waals surface area contributed by atoms with Crippen molar-refractivity contribution in [1.29, 1.82) is 0 Å². The number of esters is 1. The molecule has 0 saturated carbocycles. The molecule has 0 bridgehead atoms. The summed E-state index contributed by atoms with van der Waals surface area (Å²) in [6.45, 7) is 9.31. The van der Waals surface area contributed by atoms with E-state index < -0.39 is 22.6 Å². The summed E-state index contributed by atoms with van der Waals surface area (Å²) in [7, 11) is -2.39. The lowest BCUT2D eigenvalue weighted by molar-refractivity contribution is 0.0474. The molecule has 2 aromatic rings. The van der Waals surface area contributed by atoms with Crippen LogP contribution in [-0.2, 0) is 14.8 Å². The second kappa shape index (κ2) is 8.24. The van der Waals surface area contributed by atoms with E-state index in [4.69, 9.17) is 4.74 Å². The highest BCUT2D eigenvalue weighted by Gasteiger charge is 2.20. The number of sulfonamides is 1. The molecule has 7 heteroatoms. The molecule has 0 radical (unpaired) electrons. The molecule has 28 heavy (non-hydrogen) atoms. The lowest BCUT2D eigenvalue weighted by Crippen LogP contribution is -2.20. The van der Waals surface area contributed by atoms with Gasteiger partial charge in [-0.15, -0.1) is 0 Å². The molecule has 0 amide bonds. The SMILES string of the molecule is CNS(=O)(=O)c1cccc(C(=O)OCC(=O)c2c(C)c(C)c(C)c(C)c2C)c1. The number of rotatable bonds is 6. The van der Waals surface area contributed by atoms with E-state index in [0.717, 1.165) is 27.8 Å². The van der Waals surface area contributed by atoms with E-state index in [1.165, 1.54) is 31.3 Å². The number of ether oxygens (including phenoxy) is 1. The Balaban J connectivity index is 2.23. The average Bonchev–Trinajstić information content (AvgIpc) is 2.69. The first-order valence-electron chi connectivity index (χ1n) is 8.82. The van der Waals surface area contributed by atoms with E-state index in [-0.39, 0.29) is 16.2 Å². The first-order valence-corrected chi connectivity index (χ1v) is 10.3. The molecule has 0 heterocycles. The van der Waals surface area contributed by atoms with E-state index >= 15 is 0 Å². The first-order chi connectivity index (χ1) is 13.0. The molecule has 2 aromatic carbocycles. The standard InChI is InChI=1S/C21H25NO5S/c1-12-13(2)15(4)20(16(5)14(12)3)19(23)11-27-21(24)17-8-7-9-18(10-17)28(25,26)22-6/h7-10,22H,11H2,1-6H3.